The fourth-order valence-electron chi connectivity index (χ4n) is 1.94. The van der Waals surface area contributed by atoms with Crippen molar-refractivity contribution in [3.8, 4) is 5.75 Å². The van der Waals surface area contributed by atoms with E-state index in [-0.39, 0.29) is 6.10 Å². The number of rotatable bonds is 9. The molecule has 19 heavy (non-hydrogen) atoms. The molecule has 0 amide bonds. The van der Waals surface area contributed by atoms with Gasteiger partial charge in [0.05, 0.1) is 12.7 Å². The molecule has 0 fully saturated rings. The van der Waals surface area contributed by atoms with Crippen molar-refractivity contribution in [1.82, 2.24) is 5.32 Å². The standard InChI is InChI=1S/C16H27NO2/c1-5-17-14(4)12-15-6-8-16(9-7-15)19-11-10-18-13(2)3/h6-9,13-14,17H,5,10-12H2,1-4H3. The zero-order valence-electron chi connectivity index (χ0n) is 12.6. The van der Waals surface area contributed by atoms with Gasteiger partial charge in [0.15, 0.2) is 0 Å². The largest absolute Gasteiger partial charge is 0.491 e. The van der Waals surface area contributed by atoms with Gasteiger partial charge in [-0.2, -0.15) is 0 Å². The van der Waals surface area contributed by atoms with Gasteiger partial charge in [-0.3, -0.25) is 0 Å². The molecule has 1 aromatic carbocycles. The maximum atomic E-state index is 5.62. The first-order valence-electron chi connectivity index (χ1n) is 7.18. The van der Waals surface area contributed by atoms with Crippen LogP contribution < -0.4 is 10.1 Å². The van der Waals surface area contributed by atoms with Crippen LogP contribution in [0.15, 0.2) is 24.3 Å². The fourth-order valence-corrected chi connectivity index (χ4v) is 1.94. The van der Waals surface area contributed by atoms with Crippen LogP contribution in [0.1, 0.15) is 33.3 Å². The highest BCUT2D eigenvalue weighted by molar-refractivity contribution is 5.27. The van der Waals surface area contributed by atoms with E-state index in [0.717, 1.165) is 18.7 Å². The Kier molecular flexibility index (Phi) is 7.53. The van der Waals surface area contributed by atoms with Gasteiger partial charge < -0.3 is 14.8 Å². The van der Waals surface area contributed by atoms with E-state index in [1.54, 1.807) is 0 Å². The van der Waals surface area contributed by atoms with Crippen molar-refractivity contribution < 1.29 is 9.47 Å². The Morgan fingerprint density at radius 1 is 1.05 bits per heavy atom. The van der Waals surface area contributed by atoms with Crippen LogP contribution in [0.3, 0.4) is 0 Å². The highest BCUT2D eigenvalue weighted by Gasteiger charge is 2.02. The first kappa shape index (κ1) is 16.0. The molecule has 0 aliphatic heterocycles. The van der Waals surface area contributed by atoms with Crippen molar-refractivity contribution in [1.29, 1.82) is 0 Å². The summed E-state index contributed by atoms with van der Waals surface area (Å²) in [6.45, 7) is 10.6. The highest BCUT2D eigenvalue weighted by atomic mass is 16.5. The Labute approximate surface area is 117 Å². The third-order valence-corrected chi connectivity index (χ3v) is 2.82. The van der Waals surface area contributed by atoms with Crippen LogP contribution in [-0.2, 0) is 11.2 Å². The summed E-state index contributed by atoms with van der Waals surface area (Å²) in [6.07, 6.45) is 1.31. The Bertz CT molecular complexity index is 335. The summed E-state index contributed by atoms with van der Waals surface area (Å²) in [5.74, 6) is 0.909. The monoisotopic (exact) mass is 265 g/mol. The van der Waals surface area contributed by atoms with Gasteiger partial charge in [-0.05, 0) is 51.4 Å². The summed E-state index contributed by atoms with van der Waals surface area (Å²) in [5.41, 5.74) is 1.33. The van der Waals surface area contributed by atoms with Crippen LogP contribution >= 0.6 is 0 Å². The van der Waals surface area contributed by atoms with Crippen LogP contribution in [0.25, 0.3) is 0 Å². The lowest BCUT2D eigenvalue weighted by atomic mass is 10.1. The zero-order chi connectivity index (χ0) is 14.1. The van der Waals surface area contributed by atoms with Crippen molar-refractivity contribution in [2.45, 2.75) is 46.3 Å². The van der Waals surface area contributed by atoms with Gasteiger partial charge in [0, 0.05) is 6.04 Å². The summed E-state index contributed by atoms with van der Waals surface area (Å²) in [7, 11) is 0. The van der Waals surface area contributed by atoms with Gasteiger partial charge >= 0.3 is 0 Å². The Morgan fingerprint density at radius 2 is 1.74 bits per heavy atom. The first-order valence-corrected chi connectivity index (χ1v) is 7.18. The van der Waals surface area contributed by atoms with Crippen molar-refractivity contribution in [3.05, 3.63) is 29.8 Å². The lowest BCUT2D eigenvalue weighted by Gasteiger charge is -2.13. The average Bonchev–Trinajstić information content (AvgIpc) is 2.36. The smallest absolute Gasteiger partial charge is 0.119 e. The number of likely N-dealkylation sites (N-methyl/N-ethyl adjacent to an activating group) is 1. The summed E-state index contributed by atoms with van der Waals surface area (Å²) >= 11 is 0. The second-order valence-electron chi connectivity index (χ2n) is 5.07. The molecule has 1 unspecified atom stereocenters. The molecule has 0 radical (unpaired) electrons. The number of benzene rings is 1. The third kappa shape index (κ3) is 7.19. The number of hydrogen-bond donors (Lipinski definition) is 1. The molecule has 3 heteroatoms. The van der Waals surface area contributed by atoms with E-state index in [2.05, 4.69) is 31.3 Å². The lowest BCUT2D eigenvalue weighted by Crippen LogP contribution is -2.27. The van der Waals surface area contributed by atoms with Crippen LogP contribution in [0, 0.1) is 0 Å². The van der Waals surface area contributed by atoms with Crippen molar-refractivity contribution >= 4 is 0 Å². The summed E-state index contributed by atoms with van der Waals surface area (Å²) in [4.78, 5) is 0. The van der Waals surface area contributed by atoms with Crippen LogP contribution in [-0.4, -0.2) is 31.9 Å². The molecule has 0 bridgehead atoms. The van der Waals surface area contributed by atoms with E-state index in [0.29, 0.717) is 19.3 Å². The van der Waals surface area contributed by atoms with Crippen molar-refractivity contribution in [2.75, 3.05) is 19.8 Å². The molecule has 3 nitrogen and oxygen atoms in total. The summed E-state index contributed by atoms with van der Waals surface area (Å²) in [5, 5.41) is 3.41. The molecular weight excluding hydrogens is 238 g/mol. The minimum absolute atomic E-state index is 0.263. The number of nitrogens with one attached hydrogen (secondary N) is 1. The molecule has 0 aromatic heterocycles. The van der Waals surface area contributed by atoms with Gasteiger partial charge in [0.25, 0.3) is 0 Å². The molecule has 1 rings (SSSR count). The van der Waals surface area contributed by atoms with Crippen LogP contribution in [0.5, 0.6) is 5.75 Å². The zero-order valence-corrected chi connectivity index (χ0v) is 12.6. The van der Waals surface area contributed by atoms with E-state index in [1.165, 1.54) is 5.56 Å². The second-order valence-corrected chi connectivity index (χ2v) is 5.07. The Balaban J connectivity index is 2.31. The molecule has 0 saturated carbocycles. The minimum atomic E-state index is 0.263. The first-order chi connectivity index (χ1) is 9.11. The van der Waals surface area contributed by atoms with Crippen molar-refractivity contribution in [2.24, 2.45) is 0 Å². The summed E-state index contributed by atoms with van der Waals surface area (Å²) in [6, 6.07) is 8.84. The molecule has 1 aromatic rings. The molecule has 108 valence electrons. The summed E-state index contributed by atoms with van der Waals surface area (Å²) < 4.78 is 11.1. The quantitative estimate of drug-likeness (QED) is 0.696. The maximum absolute atomic E-state index is 5.62. The predicted octanol–water partition coefficient (Wildman–Crippen LogP) is 3.03. The Morgan fingerprint density at radius 3 is 2.32 bits per heavy atom. The molecule has 0 aliphatic carbocycles. The molecule has 0 aliphatic rings. The maximum Gasteiger partial charge on any atom is 0.119 e. The minimum Gasteiger partial charge on any atom is -0.491 e. The molecule has 1 atom stereocenters. The van der Waals surface area contributed by atoms with Gasteiger partial charge in [-0.15, -0.1) is 0 Å². The van der Waals surface area contributed by atoms with Gasteiger partial charge in [0.1, 0.15) is 12.4 Å². The van der Waals surface area contributed by atoms with Crippen molar-refractivity contribution in [3.63, 3.8) is 0 Å². The van der Waals surface area contributed by atoms with E-state index in [4.69, 9.17) is 9.47 Å². The SMILES string of the molecule is CCNC(C)Cc1ccc(OCCOC(C)C)cc1. The van der Waals surface area contributed by atoms with Crippen LogP contribution in [0.2, 0.25) is 0 Å². The fraction of sp³-hybridized carbons (Fsp3) is 0.625. The molecule has 1 N–H and O–H groups in total. The van der Waals surface area contributed by atoms with E-state index >= 15 is 0 Å². The van der Waals surface area contributed by atoms with Gasteiger partial charge in [0.2, 0.25) is 0 Å². The second kappa shape index (κ2) is 8.94. The average molecular weight is 265 g/mol. The number of hydrogen-bond acceptors (Lipinski definition) is 3. The van der Waals surface area contributed by atoms with Gasteiger partial charge in [-0.25, -0.2) is 0 Å². The molecule has 0 heterocycles. The third-order valence-electron chi connectivity index (χ3n) is 2.82. The molecule has 0 spiro atoms. The lowest BCUT2D eigenvalue weighted by molar-refractivity contribution is 0.0552. The van der Waals surface area contributed by atoms with E-state index in [9.17, 15) is 0 Å². The van der Waals surface area contributed by atoms with Gasteiger partial charge in [-0.1, -0.05) is 19.1 Å². The normalized spacial score (nSPS) is 12.7. The Hall–Kier alpha value is -1.06. The van der Waals surface area contributed by atoms with Crippen LogP contribution in [0.4, 0.5) is 0 Å². The van der Waals surface area contributed by atoms with E-state index < -0.39 is 0 Å². The molecule has 0 saturated heterocycles. The number of ether oxygens (including phenoxy) is 2. The van der Waals surface area contributed by atoms with E-state index in [1.807, 2.05) is 26.0 Å². The molecular formula is C16H27NO2. The predicted molar refractivity (Wildman–Crippen MR) is 79.9 cm³/mol. The topological polar surface area (TPSA) is 30.5 Å². The highest BCUT2D eigenvalue weighted by Crippen LogP contribution is 2.13.